The number of nitrogens with two attached hydrogens (primary N) is 1. The fraction of sp³-hybridized carbons (Fsp3) is 0.818. The van der Waals surface area contributed by atoms with Gasteiger partial charge < -0.3 is 26.4 Å². The minimum absolute atomic E-state index is 0.0920. The summed E-state index contributed by atoms with van der Waals surface area (Å²) in [6.07, 6.45) is 3.44. The van der Waals surface area contributed by atoms with Crippen LogP contribution in [0.3, 0.4) is 0 Å². The summed E-state index contributed by atoms with van der Waals surface area (Å²) in [5.74, 6) is -3.01. The largest absolute Gasteiger partial charge is 0.379 e. The fourth-order valence-electron chi connectivity index (χ4n) is 5.59. The Morgan fingerprint density at radius 2 is 2.03 bits per heavy atom. The molecule has 0 aromatic rings. The number of hydrogen-bond acceptors (Lipinski definition) is 6. The van der Waals surface area contributed by atoms with Gasteiger partial charge in [-0.2, -0.15) is 0 Å². The summed E-state index contributed by atoms with van der Waals surface area (Å²) in [6, 6.07) is 0. The smallest absolute Gasteiger partial charge is 0.287 e. The third-order valence-electron chi connectivity index (χ3n) is 7.06. The Balaban J connectivity index is 1.77. The fourth-order valence-corrected chi connectivity index (χ4v) is 5.59. The number of ether oxygens (including phenoxy) is 1. The van der Waals surface area contributed by atoms with Crippen molar-refractivity contribution in [1.82, 2.24) is 16.0 Å². The Hall–Kier alpha value is -2.00. The number of Topliss-reactive ketones (excluding diaryl/α,β-unsaturated/α-hetero) is 1. The van der Waals surface area contributed by atoms with E-state index in [1.807, 2.05) is 13.8 Å². The molecule has 3 rings (SSSR count). The van der Waals surface area contributed by atoms with E-state index in [-0.39, 0.29) is 30.7 Å². The summed E-state index contributed by atoms with van der Waals surface area (Å²) in [4.78, 5) is 51.2. The highest BCUT2D eigenvalue weighted by Crippen LogP contribution is 2.48. The molecule has 1 saturated carbocycles. The Bertz CT molecular complexity index is 712. The maximum Gasteiger partial charge on any atom is 0.287 e. The van der Waals surface area contributed by atoms with Crippen molar-refractivity contribution in [2.24, 2.45) is 35.3 Å². The van der Waals surface area contributed by atoms with Crippen molar-refractivity contribution in [3.63, 3.8) is 0 Å². The lowest BCUT2D eigenvalue weighted by atomic mass is 9.67. The van der Waals surface area contributed by atoms with Crippen molar-refractivity contribution in [3.8, 4) is 0 Å². The molecule has 0 spiro atoms. The zero-order chi connectivity index (χ0) is 22.6. The first kappa shape index (κ1) is 23.7. The number of fused-ring (bicyclic) bond motifs is 1. The van der Waals surface area contributed by atoms with Crippen LogP contribution in [0.15, 0.2) is 0 Å². The van der Waals surface area contributed by atoms with Crippen molar-refractivity contribution in [3.05, 3.63) is 0 Å². The number of amides is 3. The van der Waals surface area contributed by atoms with Crippen LogP contribution in [0.4, 0.5) is 0 Å². The van der Waals surface area contributed by atoms with E-state index in [0.29, 0.717) is 38.6 Å². The van der Waals surface area contributed by atoms with Crippen molar-refractivity contribution >= 4 is 23.5 Å². The average Bonchev–Trinajstić information content (AvgIpc) is 3.42. The second kappa shape index (κ2) is 10.1. The molecule has 2 heterocycles. The topological polar surface area (TPSA) is 140 Å². The Morgan fingerprint density at radius 3 is 2.68 bits per heavy atom. The molecule has 0 radical (unpaired) electrons. The van der Waals surface area contributed by atoms with E-state index < -0.39 is 35.0 Å². The van der Waals surface area contributed by atoms with E-state index in [0.717, 1.165) is 19.3 Å². The third kappa shape index (κ3) is 4.92. The molecule has 5 N–H and O–H groups in total. The predicted molar refractivity (Wildman–Crippen MR) is 114 cm³/mol. The highest BCUT2D eigenvalue weighted by atomic mass is 16.5. The quantitative estimate of drug-likeness (QED) is 0.260. The third-order valence-corrected chi connectivity index (χ3v) is 7.06. The van der Waals surface area contributed by atoms with E-state index >= 15 is 0 Å². The number of primary amides is 1. The van der Waals surface area contributed by atoms with Crippen LogP contribution in [-0.2, 0) is 23.9 Å². The summed E-state index contributed by atoms with van der Waals surface area (Å²) in [5.41, 5.74) is 4.61. The lowest BCUT2D eigenvalue weighted by Gasteiger charge is -2.39. The predicted octanol–water partition coefficient (Wildman–Crippen LogP) is -0.270. The lowest BCUT2D eigenvalue weighted by molar-refractivity contribution is -0.146. The van der Waals surface area contributed by atoms with Gasteiger partial charge in [0.15, 0.2) is 0 Å². The van der Waals surface area contributed by atoms with Crippen molar-refractivity contribution < 1.29 is 23.9 Å². The molecule has 3 fully saturated rings. The minimum Gasteiger partial charge on any atom is -0.379 e. The van der Waals surface area contributed by atoms with E-state index in [9.17, 15) is 19.2 Å². The first-order valence-corrected chi connectivity index (χ1v) is 11.5. The molecule has 0 aromatic carbocycles. The summed E-state index contributed by atoms with van der Waals surface area (Å²) in [5, 5.41) is 8.65. The molecule has 3 aliphatic rings. The molecule has 5 atom stereocenters. The van der Waals surface area contributed by atoms with Crippen molar-refractivity contribution in [2.45, 2.75) is 51.5 Å². The SMILES string of the molecule is CC(C)COCCNC(=O)C(=O)[C@@H](C[C@H]1CCNC1=O)C1(C(N)=O)NCC2CCCC21. The first-order chi connectivity index (χ1) is 14.8. The number of nitrogens with one attached hydrogen (secondary N) is 3. The molecule has 174 valence electrons. The average molecular weight is 437 g/mol. The number of carbonyl (C=O) groups is 4. The molecular formula is C22H36N4O5. The minimum atomic E-state index is -1.29. The standard InChI is InChI=1S/C22H36N4O5/c1-13(2)12-31-9-8-25-20(29)18(27)17(10-14-6-7-24-19(14)28)22(21(23)30)16-5-3-4-15(16)11-26-22/h13-17,26H,3-12H2,1-2H3,(H2,23,30)(H,24,28)(H,25,29)/t14-,15?,16?,17-,22?/m1/s1. The van der Waals surface area contributed by atoms with Crippen LogP contribution in [0, 0.1) is 29.6 Å². The summed E-state index contributed by atoms with van der Waals surface area (Å²) < 4.78 is 5.46. The summed E-state index contributed by atoms with van der Waals surface area (Å²) >= 11 is 0. The molecular weight excluding hydrogens is 400 g/mol. The van der Waals surface area contributed by atoms with E-state index in [1.165, 1.54) is 0 Å². The van der Waals surface area contributed by atoms with Gasteiger partial charge in [0.05, 0.1) is 12.5 Å². The van der Waals surface area contributed by atoms with Crippen LogP contribution < -0.4 is 21.7 Å². The van der Waals surface area contributed by atoms with Crippen LogP contribution in [0.2, 0.25) is 0 Å². The highest BCUT2D eigenvalue weighted by Gasteiger charge is 2.61. The molecule has 2 saturated heterocycles. The molecule has 9 nitrogen and oxygen atoms in total. The molecule has 1 aliphatic carbocycles. The number of ketones is 1. The van der Waals surface area contributed by atoms with Crippen LogP contribution in [0.5, 0.6) is 0 Å². The Morgan fingerprint density at radius 1 is 1.26 bits per heavy atom. The van der Waals surface area contributed by atoms with E-state index in [1.54, 1.807) is 0 Å². The highest BCUT2D eigenvalue weighted by molar-refractivity contribution is 6.37. The van der Waals surface area contributed by atoms with Crippen LogP contribution in [0.1, 0.15) is 46.0 Å². The Kier molecular flexibility index (Phi) is 7.69. The molecule has 3 unspecified atom stereocenters. The second-order valence-electron chi connectivity index (χ2n) is 9.57. The maximum atomic E-state index is 13.4. The lowest BCUT2D eigenvalue weighted by Crippen LogP contribution is -2.64. The van der Waals surface area contributed by atoms with Gasteiger partial charge in [0.2, 0.25) is 17.6 Å². The number of carbonyl (C=O) groups excluding carboxylic acids is 4. The zero-order valence-corrected chi connectivity index (χ0v) is 18.6. The van der Waals surface area contributed by atoms with Crippen LogP contribution in [0.25, 0.3) is 0 Å². The van der Waals surface area contributed by atoms with Crippen molar-refractivity contribution in [1.29, 1.82) is 0 Å². The van der Waals surface area contributed by atoms with Gasteiger partial charge in [0.1, 0.15) is 5.54 Å². The van der Waals surface area contributed by atoms with Gasteiger partial charge in [-0.3, -0.25) is 19.2 Å². The molecule has 9 heteroatoms. The van der Waals surface area contributed by atoms with Gasteiger partial charge in [0.25, 0.3) is 5.91 Å². The van der Waals surface area contributed by atoms with Gasteiger partial charge >= 0.3 is 0 Å². The molecule has 3 amide bonds. The Labute approximate surface area is 183 Å². The van der Waals surface area contributed by atoms with E-state index in [2.05, 4.69) is 16.0 Å². The zero-order valence-electron chi connectivity index (χ0n) is 18.6. The number of hydrogen-bond donors (Lipinski definition) is 4. The molecule has 31 heavy (non-hydrogen) atoms. The normalized spacial score (nSPS) is 30.8. The second-order valence-corrected chi connectivity index (χ2v) is 9.57. The summed E-state index contributed by atoms with van der Waals surface area (Å²) in [7, 11) is 0. The van der Waals surface area contributed by atoms with Gasteiger partial charge in [0, 0.05) is 25.6 Å². The molecule has 0 bridgehead atoms. The van der Waals surface area contributed by atoms with Crippen LogP contribution >= 0.6 is 0 Å². The maximum absolute atomic E-state index is 13.4. The molecule has 0 aromatic heterocycles. The monoisotopic (exact) mass is 436 g/mol. The first-order valence-electron chi connectivity index (χ1n) is 11.5. The van der Waals surface area contributed by atoms with Gasteiger partial charge in [-0.05, 0) is 50.0 Å². The van der Waals surface area contributed by atoms with Gasteiger partial charge in [-0.1, -0.05) is 20.3 Å². The van der Waals surface area contributed by atoms with E-state index in [4.69, 9.17) is 10.5 Å². The number of rotatable bonds is 11. The molecule has 2 aliphatic heterocycles. The van der Waals surface area contributed by atoms with Crippen LogP contribution in [-0.4, -0.2) is 61.9 Å². The van der Waals surface area contributed by atoms with Crippen molar-refractivity contribution in [2.75, 3.05) is 32.8 Å². The summed E-state index contributed by atoms with van der Waals surface area (Å²) in [6.45, 7) is 6.26. The van der Waals surface area contributed by atoms with Gasteiger partial charge in [-0.15, -0.1) is 0 Å². The van der Waals surface area contributed by atoms with Gasteiger partial charge in [-0.25, -0.2) is 0 Å².